The third-order valence-electron chi connectivity index (χ3n) is 7.03. The van der Waals surface area contributed by atoms with E-state index in [0.29, 0.717) is 18.3 Å². The maximum atomic E-state index is 13.4. The van der Waals surface area contributed by atoms with Crippen LogP contribution in [-0.4, -0.2) is 34.7 Å². The molecule has 0 spiro atoms. The quantitative estimate of drug-likeness (QED) is 0.376. The fourth-order valence-corrected chi connectivity index (χ4v) is 5.12. The number of aromatic amines is 1. The number of tetrazole rings is 1. The molecule has 1 fully saturated rings. The van der Waals surface area contributed by atoms with E-state index in [2.05, 4.69) is 50.9 Å². The molecule has 0 radical (unpaired) electrons. The minimum atomic E-state index is 0.0907. The SMILES string of the molecule is CCCCc1cn(CC2CCCCC2)c(=O)n1Cc1cc(-c2cccc(-c3nn[nH]n3)c2)ccn1. The van der Waals surface area contributed by atoms with Crippen molar-refractivity contribution >= 4 is 0 Å². The topological polar surface area (TPSA) is 94.3 Å². The number of rotatable bonds is 9. The van der Waals surface area contributed by atoms with Crippen molar-refractivity contribution in [3.63, 3.8) is 0 Å². The smallest absolute Gasteiger partial charge is 0.299 e. The number of pyridine rings is 1. The largest absolute Gasteiger partial charge is 0.328 e. The highest BCUT2D eigenvalue weighted by molar-refractivity contribution is 5.70. The van der Waals surface area contributed by atoms with Crippen molar-refractivity contribution in [2.45, 2.75) is 71.4 Å². The van der Waals surface area contributed by atoms with Crippen LogP contribution in [0.25, 0.3) is 22.5 Å². The van der Waals surface area contributed by atoms with Crippen LogP contribution in [-0.2, 0) is 19.5 Å². The van der Waals surface area contributed by atoms with Gasteiger partial charge in [-0.05, 0) is 66.1 Å². The second-order valence-corrected chi connectivity index (χ2v) is 9.60. The molecule has 5 rings (SSSR count). The highest BCUT2D eigenvalue weighted by atomic mass is 16.1. The van der Waals surface area contributed by atoms with E-state index in [1.54, 1.807) is 0 Å². The van der Waals surface area contributed by atoms with Crippen LogP contribution in [0.5, 0.6) is 0 Å². The molecule has 1 aliphatic rings. The lowest BCUT2D eigenvalue weighted by molar-refractivity contribution is 0.315. The predicted molar refractivity (Wildman–Crippen MR) is 136 cm³/mol. The molecular formula is C27H33N7O. The van der Waals surface area contributed by atoms with Crippen molar-refractivity contribution in [1.82, 2.24) is 34.7 Å². The molecule has 4 aromatic rings. The molecule has 3 heterocycles. The van der Waals surface area contributed by atoms with Gasteiger partial charge in [-0.15, -0.1) is 10.2 Å². The van der Waals surface area contributed by atoms with E-state index >= 15 is 0 Å². The Kier molecular flexibility index (Phi) is 7.16. The van der Waals surface area contributed by atoms with E-state index in [1.807, 2.05) is 39.6 Å². The number of hydrogen-bond donors (Lipinski definition) is 1. The third kappa shape index (κ3) is 5.42. The van der Waals surface area contributed by atoms with Gasteiger partial charge in [-0.3, -0.25) is 14.1 Å². The van der Waals surface area contributed by atoms with Crippen LogP contribution in [0.3, 0.4) is 0 Å². The van der Waals surface area contributed by atoms with Crippen LogP contribution in [0.4, 0.5) is 0 Å². The Morgan fingerprint density at radius 3 is 2.69 bits per heavy atom. The number of aryl methyl sites for hydroxylation is 1. The van der Waals surface area contributed by atoms with Crippen LogP contribution >= 0.6 is 0 Å². The molecular weight excluding hydrogens is 438 g/mol. The maximum Gasteiger partial charge on any atom is 0.328 e. The molecule has 1 aliphatic carbocycles. The number of benzene rings is 1. The molecule has 3 aromatic heterocycles. The summed E-state index contributed by atoms with van der Waals surface area (Å²) < 4.78 is 3.89. The molecule has 0 atom stereocenters. The first-order valence-corrected chi connectivity index (χ1v) is 12.8. The molecule has 0 aliphatic heterocycles. The van der Waals surface area contributed by atoms with Gasteiger partial charge in [0.1, 0.15) is 0 Å². The van der Waals surface area contributed by atoms with Crippen molar-refractivity contribution in [2.75, 3.05) is 0 Å². The number of unbranched alkanes of at least 4 members (excludes halogenated alkanes) is 1. The predicted octanol–water partition coefficient (Wildman–Crippen LogP) is 4.86. The first kappa shape index (κ1) is 23.2. The Morgan fingerprint density at radius 1 is 1.06 bits per heavy atom. The van der Waals surface area contributed by atoms with Crippen molar-refractivity contribution in [1.29, 1.82) is 0 Å². The standard InChI is InChI=1S/C27H33N7O/c1-2-3-12-25-19-33(17-20-8-5-4-6-9-20)27(35)34(25)18-24-16-22(13-14-28-24)21-10-7-11-23(15-21)26-29-31-32-30-26/h7,10-11,13-16,19-20H,2-6,8-9,12,17-18H2,1H3,(H,29,30,31,32). The summed E-state index contributed by atoms with van der Waals surface area (Å²) in [6, 6.07) is 12.1. The summed E-state index contributed by atoms with van der Waals surface area (Å²) in [5.74, 6) is 1.18. The number of nitrogens with zero attached hydrogens (tertiary/aromatic N) is 6. The Balaban J connectivity index is 1.41. The Bertz CT molecular complexity index is 1300. The third-order valence-corrected chi connectivity index (χ3v) is 7.03. The second kappa shape index (κ2) is 10.8. The number of nitrogens with one attached hydrogen (secondary N) is 1. The molecule has 1 aromatic carbocycles. The highest BCUT2D eigenvalue weighted by Gasteiger charge is 2.18. The summed E-state index contributed by atoms with van der Waals surface area (Å²) in [7, 11) is 0. The Hall–Kier alpha value is -3.55. The average Bonchev–Trinajstić information content (AvgIpc) is 3.54. The maximum absolute atomic E-state index is 13.4. The van der Waals surface area contributed by atoms with Gasteiger partial charge in [0.05, 0.1) is 12.2 Å². The molecule has 8 heteroatoms. The van der Waals surface area contributed by atoms with E-state index in [0.717, 1.165) is 53.9 Å². The van der Waals surface area contributed by atoms with E-state index in [4.69, 9.17) is 0 Å². The normalized spacial score (nSPS) is 14.4. The molecule has 1 N–H and O–H groups in total. The summed E-state index contributed by atoms with van der Waals surface area (Å²) in [6.45, 7) is 3.50. The summed E-state index contributed by atoms with van der Waals surface area (Å²) >= 11 is 0. The van der Waals surface area contributed by atoms with Gasteiger partial charge in [-0.2, -0.15) is 5.21 Å². The lowest BCUT2D eigenvalue weighted by atomic mass is 9.89. The van der Waals surface area contributed by atoms with Crippen LogP contribution in [0.2, 0.25) is 0 Å². The molecule has 8 nitrogen and oxygen atoms in total. The van der Waals surface area contributed by atoms with E-state index in [-0.39, 0.29) is 5.69 Å². The molecule has 0 saturated heterocycles. The van der Waals surface area contributed by atoms with E-state index in [1.165, 1.54) is 32.1 Å². The van der Waals surface area contributed by atoms with Gasteiger partial charge in [0.15, 0.2) is 0 Å². The van der Waals surface area contributed by atoms with Crippen LogP contribution in [0.15, 0.2) is 53.6 Å². The number of imidazole rings is 1. The molecule has 1 saturated carbocycles. The monoisotopic (exact) mass is 471 g/mol. The summed E-state index contributed by atoms with van der Waals surface area (Å²) in [5, 5.41) is 14.3. The van der Waals surface area contributed by atoms with Crippen LogP contribution < -0.4 is 5.69 Å². The zero-order chi connectivity index (χ0) is 24.0. The van der Waals surface area contributed by atoms with Gasteiger partial charge in [-0.25, -0.2) is 4.79 Å². The van der Waals surface area contributed by atoms with Crippen LogP contribution in [0.1, 0.15) is 63.3 Å². The minimum absolute atomic E-state index is 0.0907. The Labute approximate surface area is 205 Å². The lowest BCUT2D eigenvalue weighted by Crippen LogP contribution is -2.28. The summed E-state index contributed by atoms with van der Waals surface area (Å²) in [4.78, 5) is 18.0. The lowest BCUT2D eigenvalue weighted by Gasteiger charge is -2.21. The van der Waals surface area contributed by atoms with Crippen molar-refractivity contribution < 1.29 is 0 Å². The van der Waals surface area contributed by atoms with Crippen molar-refractivity contribution in [2.24, 2.45) is 5.92 Å². The fourth-order valence-electron chi connectivity index (χ4n) is 5.12. The van der Waals surface area contributed by atoms with Gasteiger partial charge >= 0.3 is 5.69 Å². The molecule has 0 amide bonds. The fraction of sp³-hybridized carbons (Fsp3) is 0.444. The zero-order valence-corrected chi connectivity index (χ0v) is 20.4. The minimum Gasteiger partial charge on any atom is -0.299 e. The van der Waals surface area contributed by atoms with E-state index < -0.39 is 0 Å². The first-order valence-electron chi connectivity index (χ1n) is 12.8. The van der Waals surface area contributed by atoms with Gasteiger partial charge in [0.25, 0.3) is 0 Å². The molecule has 0 unspecified atom stereocenters. The summed E-state index contributed by atoms with van der Waals surface area (Å²) in [5.41, 5.74) is 5.07. The second-order valence-electron chi connectivity index (χ2n) is 9.60. The number of H-pyrrole nitrogens is 1. The van der Waals surface area contributed by atoms with Crippen molar-refractivity contribution in [3.8, 4) is 22.5 Å². The summed E-state index contributed by atoms with van der Waals surface area (Å²) in [6.07, 6.45) is 13.4. The highest BCUT2D eigenvalue weighted by Crippen LogP contribution is 2.26. The average molecular weight is 472 g/mol. The molecule has 0 bridgehead atoms. The van der Waals surface area contributed by atoms with Gasteiger partial charge in [0, 0.05) is 30.2 Å². The molecule has 35 heavy (non-hydrogen) atoms. The van der Waals surface area contributed by atoms with Gasteiger partial charge in [0.2, 0.25) is 5.82 Å². The van der Waals surface area contributed by atoms with Gasteiger partial charge < -0.3 is 0 Å². The van der Waals surface area contributed by atoms with E-state index in [9.17, 15) is 4.79 Å². The molecule has 182 valence electrons. The Morgan fingerprint density at radius 2 is 1.89 bits per heavy atom. The number of aromatic nitrogens is 7. The number of hydrogen-bond acceptors (Lipinski definition) is 5. The van der Waals surface area contributed by atoms with Gasteiger partial charge in [-0.1, -0.05) is 50.8 Å². The van der Waals surface area contributed by atoms with Crippen molar-refractivity contribution in [3.05, 3.63) is 70.7 Å². The van der Waals surface area contributed by atoms with Crippen LogP contribution in [0, 0.1) is 5.92 Å². The first-order chi connectivity index (χ1) is 17.2. The zero-order valence-electron chi connectivity index (χ0n) is 20.4.